The van der Waals surface area contributed by atoms with E-state index < -0.39 is 0 Å². The van der Waals surface area contributed by atoms with Gasteiger partial charge in [0.2, 0.25) is 0 Å². The van der Waals surface area contributed by atoms with Crippen LogP contribution in [-0.4, -0.2) is 9.38 Å². The third-order valence-corrected chi connectivity index (χ3v) is 4.98. The molecule has 0 aliphatic rings. The summed E-state index contributed by atoms with van der Waals surface area (Å²) in [6.07, 6.45) is 4.21. The Bertz CT molecular complexity index is 1260. The number of pyridine rings is 1. The van der Waals surface area contributed by atoms with Crippen LogP contribution in [0.2, 0.25) is 0 Å². The van der Waals surface area contributed by atoms with Crippen molar-refractivity contribution in [2.75, 3.05) is 5.73 Å². The Balaban J connectivity index is 1.80. The Morgan fingerprint density at radius 3 is 1.96 bits per heavy atom. The second-order valence-corrected chi connectivity index (χ2v) is 6.82. The zero-order chi connectivity index (χ0) is 18.9. The fraction of sp³-hybridized carbons (Fsp3) is 0. The largest absolute Gasteiger partial charge is 0.398 e. The van der Waals surface area contributed by atoms with Crippen LogP contribution in [0, 0.1) is 0 Å². The van der Waals surface area contributed by atoms with Gasteiger partial charge >= 0.3 is 0 Å². The molecule has 2 N–H and O–H groups in total. The van der Waals surface area contributed by atoms with Gasteiger partial charge in [0.25, 0.3) is 0 Å². The molecular formula is C25H19N3. The molecule has 3 aromatic carbocycles. The van der Waals surface area contributed by atoms with E-state index in [0.717, 1.165) is 44.8 Å². The molecule has 0 saturated carbocycles. The number of para-hydroxylation sites is 1. The summed E-state index contributed by atoms with van der Waals surface area (Å²) in [7, 11) is 0. The van der Waals surface area contributed by atoms with E-state index in [-0.39, 0.29) is 0 Å². The molecule has 3 nitrogen and oxygen atoms in total. The van der Waals surface area contributed by atoms with Gasteiger partial charge in [-0.25, -0.2) is 4.98 Å². The first-order valence-electron chi connectivity index (χ1n) is 9.28. The monoisotopic (exact) mass is 361 g/mol. The van der Waals surface area contributed by atoms with Crippen LogP contribution >= 0.6 is 0 Å². The quantitative estimate of drug-likeness (QED) is 0.406. The lowest BCUT2D eigenvalue weighted by Crippen LogP contribution is -1.94. The topological polar surface area (TPSA) is 43.3 Å². The van der Waals surface area contributed by atoms with Crippen molar-refractivity contribution in [3.8, 4) is 33.5 Å². The van der Waals surface area contributed by atoms with Crippen molar-refractivity contribution >= 4 is 11.3 Å². The number of aromatic nitrogens is 2. The molecule has 0 saturated heterocycles. The molecular weight excluding hydrogens is 342 g/mol. The van der Waals surface area contributed by atoms with Crippen LogP contribution in [0.15, 0.2) is 103 Å². The van der Waals surface area contributed by atoms with Crippen LogP contribution in [0.4, 0.5) is 5.69 Å². The fourth-order valence-corrected chi connectivity index (χ4v) is 3.58. The highest BCUT2D eigenvalue weighted by atomic mass is 15.0. The van der Waals surface area contributed by atoms with E-state index in [1.807, 2.05) is 42.5 Å². The molecule has 5 rings (SSSR count). The maximum absolute atomic E-state index is 6.31. The standard InChI is InChI=1S/C25H19N3/c26-23-14-8-7-13-21(23)22-15-20(18-9-3-1-4-10-18)16-28-17-24(27-25(22)28)19-11-5-2-6-12-19/h1-17H,26H2. The molecule has 0 amide bonds. The van der Waals surface area contributed by atoms with Crippen LogP contribution in [0.1, 0.15) is 0 Å². The van der Waals surface area contributed by atoms with Crippen molar-refractivity contribution in [3.63, 3.8) is 0 Å². The normalized spacial score (nSPS) is 11.0. The van der Waals surface area contributed by atoms with Crippen molar-refractivity contribution in [3.05, 3.63) is 103 Å². The molecule has 0 atom stereocenters. The molecule has 5 aromatic rings. The second-order valence-electron chi connectivity index (χ2n) is 6.82. The summed E-state index contributed by atoms with van der Waals surface area (Å²) >= 11 is 0. The lowest BCUT2D eigenvalue weighted by molar-refractivity contribution is 1.19. The number of hydrogen-bond donors (Lipinski definition) is 1. The van der Waals surface area contributed by atoms with E-state index in [1.54, 1.807) is 0 Å². The zero-order valence-electron chi connectivity index (χ0n) is 15.3. The number of nitrogen functional groups attached to an aromatic ring is 1. The number of hydrogen-bond acceptors (Lipinski definition) is 2. The molecule has 0 aliphatic heterocycles. The van der Waals surface area contributed by atoms with Gasteiger partial charge < -0.3 is 10.1 Å². The van der Waals surface area contributed by atoms with Gasteiger partial charge in [-0.15, -0.1) is 0 Å². The summed E-state index contributed by atoms with van der Waals surface area (Å²) in [6, 6.07) is 30.8. The Labute approximate surface area is 163 Å². The van der Waals surface area contributed by atoms with Crippen molar-refractivity contribution < 1.29 is 0 Å². The predicted molar refractivity (Wildman–Crippen MR) is 116 cm³/mol. The average Bonchev–Trinajstić information content (AvgIpc) is 3.19. The number of rotatable bonds is 3. The summed E-state index contributed by atoms with van der Waals surface area (Å²) < 4.78 is 2.10. The van der Waals surface area contributed by atoms with Gasteiger partial charge in [0.1, 0.15) is 5.65 Å². The van der Waals surface area contributed by atoms with E-state index >= 15 is 0 Å². The number of nitrogens with two attached hydrogens (primary N) is 1. The Morgan fingerprint density at radius 1 is 0.607 bits per heavy atom. The third-order valence-electron chi connectivity index (χ3n) is 4.98. The minimum absolute atomic E-state index is 0.749. The van der Waals surface area contributed by atoms with Crippen molar-refractivity contribution in [2.24, 2.45) is 0 Å². The van der Waals surface area contributed by atoms with Gasteiger partial charge in [-0.05, 0) is 23.3 Å². The molecule has 0 fully saturated rings. The Morgan fingerprint density at radius 2 is 1.25 bits per heavy atom. The van der Waals surface area contributed by atoms with Gasteiger partial charge in [0.05, 0.1) is 5.69 Å². The van der Waals surface area contributed by atoms with Gasteiger partial charge in [0.15, 0.2) is 0 Å². The third kappa shape index (κ3) is 2.83. The lowest BCUT2D eigenvalue weighted by Gasteiger charge is -2.10. The van der Waals surface area contributed by atoms with Crippen LogP contribution in [0.25, 0.3) is 39.2 Å². The molecule has 0 aliphatic carbocycles. The first-order valence-corrected chi connectivity index (χ1v) is 9.28. The van der Waals surface area contributed by atoms with Gasteiger partial charge in [-0.1, -0.05) is 78.9 Å². The summed E-state index contributed by atoms with van der Waals surface area (Å²) in [5, 5.41) is 0. The number of nitrogens with zero attached hydrogens (tertiary/aromatic N) is 2. The smallest absolute Gasteiger partial charge is 0.145 e. The van der Waals surface area contributed by atoms with Crippen LogP contribution in [0.3, 0.4) is 0 Å². The van der Waals surface area contributed by atoms with Gasteiger partial charge in [0, 0.05) is 34.8 Å². The lowest BCUT2D eigenvalue weighted by atomic mass is 10.0. The SMILES string of the molecule is Nc1ccccc1-c1cc(-c2ccccc2)cn2cc(-c3ccccc3)nc12. The first-order chi connectivity index (χ1) is 13.8. The summed E-state index contributed by atoms with van der Waals surface area (Å²) in [5.74, 6) is 0. The first kappa shape index (κ1) is 16.3. The number of fused-ring (bicyclic) bond motifs is 1. The highest BCUT2D eigenvalue weighted by Crippen LogP contribution is 2.34. The molecule has 2 heterocycles. The van der Waals surface area contributed by atoms with Crippen molar-refractivity contribution in [1.82, 2.24) is 9.38 Å². The van der Waals surface area contributed by atoms with E-state index in [4.69, 9.17) is 10.7 Å². The molecule has 0 spiro atoms. The molecule has 3 heteroatoms. The summed E-state index contributed by atoms with van der Waals surface area (Å²) in [6.45, 7) is 0. The fourth-order valence-electron chi connectivity index (χ4n) is 3.58. The van der Waals surface area contributed by atoms with E-state index in [9.17, 15) is 0 Å². The van der Waals surface area contributed by atoms with Crippen molar-refractivity contribution in [2.45, 2.75) is 0 Å². The minimum atomic E-state index is 0.749. The van der Waals surface area contributed by atoms with Crippen LogP contribution < -0.4 is 5.73 Å². The molecule has 2 aromatic heterocycles. The van der Waals surface area contributed by atoms with Crippen LogP contribution in [-0.2, 0) is 0 Å². The molecule has 0 bridgehead atoms. The maximum atomic E-state index is 6.31. The molecule has 0 unspecified atom stereocenters. The van der Waals surface area contributed by atoms with Crippen LogP contribution in [0.5, 0.6) is 0 Å². The maximum Gasteiger partial charge on any atom is 0.145 e. The predicted octanol–water partition coefficient (Wildman–Crippen LogP) is 5.92. The zero-order valence-corrected chi connectivity index (χ0v) is 15.3. The Kier molecular flexibility index (Phi) is 3.91. The molecule has 0 radical (unpaired) electrons. The summed E-state index contributed by atoms with van der Waals surface area (Å²) in [4.78, 5) is 4.94. The summed E-state index contributed by atoms with van der Waals surface area (Å²) in [5.41, 5.74) is 14.3. The van der Waals surface area contributed by atoms with Crippen molar-refractivity contribution in [1.29, 1.82) is 0 Å². The van der Waals surface area contributed by atoms with E-state index in [2.05, 4.69) is 65.3 Å². The minimum Gasteiger partial charge on any atom is -0.398 e. The van der Waals surface area contributed by atoms with Gasteiger partial charge in [-0.3, -0.25) is 0 Å². The van der Waals surface area contributed by atoms with E-state index in [0.29, 0.717) is 0 Å². The second kappa shape index (κ2) is 6.71. The highest BCUT2D eigenvalue weighted by molar-refractivity contribution is 5.89. The number of anilines is 1. The van der Waals surface area contributed by atoms with E-state index in [1.165, 1.54) is 0 Å². The number of imidazole rings is 1. The number of benzene rings is 3. The molecule has 28 heavy (non-hydrogen) atoms. The molecule has 134 valence electrons. The van der Waals surface area contributed by atoms with Gasteiger partial charge in [-0.2, -0.15) is 0 Å². The highest BCUT2D eigenvalue weighted by Gasteiger charge is 2.14. The Hall–Kier alpha value is -3.85. The average molecular weight is 361 g/mol.